The topological polar surface area (TPSA) is 61.4 Å². The van der Waals surface area contributed by atoms with Gasteiger partial charge in [-0.1, -0.05) is 0 Å². The van der Waals surface area contributed by atoms with Crippen LogP contribution < -0.4 is 10.6 Å². The van der Waals surface area contributed by atoms with Crippen molar-refractivity contribution in [2.75, 3.05) is 23.7 Å². The third kappa shape index (κ3) is 3.80. The van der Waals surface area contributed by atoms with Gasteiger partial charge in [0.25, 0.3) is 0 Å². The van der Waals surface area contributed by atoms with E-state index in [1.165, 1.54) is 0 Å². The maximum atomic E-state index is 12.4. The Hall–Kier alpha value is -2.25. The Morgan fingerprint density at radius 3 is 2.79 bits per heavy atom. The summed E-state index contributed by atoms with van der Waals surface area (Å²) in [4.78, 5) is 24.4. The Labute approximate surface area is 137 Å². The number of likely N-dealkylation sites (tertiary alicyclic amines) is 1. The predicted molar refractivity (Wildman–Crippen MR) is 82.7 cm³/mol. The molecule has 130 valence electrons. The molecule has 24 heavy (non-hydrogen) atoms. The summed E-state index contributed by atoms with van der Waals surface area (Å²) in [5.74, 6) is -0.557. The second-order valence-electron chi connectivity index (χ2n) is 6.13. The lowest BCUT2D eigenvalue weighted by Gasteiger charge is -2.19. The molecule has 1 atom stereocenters. The second kappa shape index (κ2) is 6.33. The molecule has 2 heterocycles. The van der Waals surface area contributed by atoms with Crippen LogP contribution in [0.25, 0.3) is 0 Å². The van der Waals surface area contributed by atoms with E-state index in [0.717, 1.165) is 29.0 Å². The average molecular weight is 341 g/mol. The molecular formula is C16H18F3N3O2. The normalized spacial score (nSPS) is 21.3. The van der Waals surface area contributed by atoms with Crippen LogP contribution in [0.2, 0.25) is 0 Å². The van der Waals surface area contributed by atoms with Crippen LogP contribution in [0.4, 0.5) is 24.5 Å². The van der Waals surface area contributed by atoms with Gasteiger partial charge in [-0.2, -0.15) is 13.2 Å². The Balaban J connectivity index is 1.68. The van der Waals surface area contributed by atoms with Gasteiger partial charge in [-0.15, -0.1) is 0 Å². The molecular weight excluding hydrogens is 323 g/mol. The zero-order valence-electron chi connectivity index (χ0n) is 12.9. The molecule has 1 aromatic carbocycles. The molecule has 0 bridgehead atoms. The third-order valence-corrected chi connectivity index (χ3v) is 4.24. The predicted octanol–water partition coefficient (Wildman–Crippen LogP) is 2.54. The van der Waals surface area contributed by atoms with Crippen molar-refractivity contribution in [2.24, 2.45) is 0 Å². The number of nitrogens with one attached hydrogen (secondary N) is 2. The lowest BCUT2D eigenvalue weighted by molar-refractivity contribution is -0.157. The van der Waals surface area contributed by atoms with Crippen LogP contribution in [0.15, 0.2) is 18.2 Å². The van der Waals surface area contributed by atoms with E-state index in [4.69, 9.17) is 0 Å². The van der Waals surface area contributed by atoms with Gasteiger partial charge < -0.3 is 15.5 Å². The molecule has 0 aromatic heterocycles. The number of fused-ring (bicyclic) bond motifs is 1. The van der Waals surface area contributed by atoms with Crippen LogP contribution in [-0.4, -0.2) is 42.0 Å². The number of carbonyl (C=O) groups is 2. The summed E-state index contributed by atoms with van der Waals surface area (Å²) < 4.78 is 37.3. The number of aryl methyl sites for hydroxylation is 1. The van der Waals surface area contributed by atoms with Crippen LogP contribution in [-0.2, 0) is 16.0 Å². The highest BCUT2D eigenvalue weighted by Gasteiger charge is 2.39. The minimum absolute atomic E-state index is 0.0248. The number of carbonyl (C=O) groups excluding carboxylic acids is 2. The SMILES string of the molecule is O=C1CCCc2cc(NC3CCN(CC(F)(F)F)C3=O)ccc2N1. The molecule has 1 unspecified atom stereocenters. The molecule has 2 amide bonds. The molecule has 5 nitrogen and oxygen atoms in total. The number of benzene rings is 1. The van der Waals surface area contributed by atoms with Gasteiger partial charge in [-0.3, -0.25) is 9.59 Å². The summed E-state index contributed by atoms with van der Waals surface area (Å²) in [5, 5.41) is 5.83. The molecule has 1 saturated heterocycles. The van der Waals surface area contributed by atoms with Gasteiger partial charge in [0, 0.05) is 24.3 Å². The standard InChI is InChI=1S/C16H18F3N3O2/c17-16(18,19)9-22-7-6-13(15(22)24)20-11-4-5-12-10(8-11)2-1-3-14(23)21-12/h4-5,8,13,20H,1-3,6-7,9H2,(H,21,23). The van der Waals surface area contributed by atoms with Gasteiger partial charge in [0.05, 0.1) is 0 Å². The number of anilines is 2. The third-order valence-electron chi connectivity index (χ3n) is 4.24. The van der Waals surface area contributed by atoms with Crippen LogP contribution in [0, 0.1) is 0 Å². The van der Waals surface area contributed by atoms with Gasteiger partial charge in [-0.05, 0) is 43.0 Å². The highest BCUT2D eigenvalue weighted by Crippen LogP contribution is 2.27. The quantitative estimate of drug-likeness (QED) is 0.888. The zero-order chi connectivity index (χ0) is 17.3. The van der Waals surface area contributed by atoms with Crippen molar-refractivity contribution >= 4 is 23.2 Å². The number of alkyl halides is 3. The number of amides is 2. The van der Waals surface area contributed by atoms with Crippen molar-refractivity contribution in [1.29, 1.82) is 0 Å². The Bertz CT molecular complexity index is 660. The summed E-state index contributed by atoms with van der Waals surface area (Å²) in [5.41, 5.74) is 2.39. The van der Waals surface area contributed by atoms with E-state index in [2.05, 4.69) is 10.6 Å². The first-order valence-electron chi connectivity index (χ1n) is 7.87. The minimum atomic E-state index is -4.38. The van der Waals surface area contributed by atoms with Crippen molar-refractivity contribution in [3.63, 3.8) is 0 Å². The molecule has 0 saturated carbocycles. The van der Waals surface area contributed by atoms with E-state index < -0.39 is 24.7 Å². The first-order valence-corrected chi connectivity index (χ1v) is 7.87. The summed E-state index contributed by atoms with van der Waals surface area (Å²) >= 11 is 0. The smallest absolute Gasteiger partial charge is 0.374 e. The molecule has 2 N–H and O–H groups in total. The van der Waals surface area contributed by atoms with E-state index in [1.54, 1.807) is 12.1 Å². The molecule has 0 aliphatic carbocycles. The van der Waals surface area contributed by atoms with Crippen molar-refractivity contribution in [3.05, 3.63) is 23.8 Å². The molecule has 2 aliphatic heterocycles. The van der Waals surface area contributed by atoms with Crippen LogP contribution in [0.3, 0.4) is 0 Å². The fraction of sp³-hybridized carbons (Fsp3) is 0.500. The van der Waals surface area contributed by atoms with Crippen molar-refractivity contribution in [1.82, 2.24) is 4.90 Å². The highest BCUT2D eigenvalue weighted by molar-refractivity contribution is 5.93. The summed E-state index contributed by atoms with van der Waals surface area (Å²) in [6.45, 7) is -1.11. The molecule has 1 fully saturated rings. The fourth-order valence-electron chi connectivity index (χ4n) is 3.11. The first kappa shape index (κ1) is 16.6. The van der Waals surface area contributed by atoms with Gasteiger partial charge in [0.2, 0.25) is 11.8 Å². The molecule has 1 aromatic rings. The number of nitrogens with zero attached hydrogens (tertiary/aromatic N) is 1. The highest BCUT2D eigenvalue weighted by atomic mass is 19.4. The van der Waals surface area contributed by atoms with E-state index in [1.807, 2.05) is 6.07 Å². The van der Waals surface area contributed by atoms with Crippen molar-refractivity contribution in [2.45, 2.75) is 37.9 Å². The summed E-state index contributed by atoms with van der Waals surface area (Å²) in [7, 11) is 0. The van der Waals surface area contributed by atoms with Crippen molar-refractivity contribution < 1.29 is 22.8 Å². The van der Waals surface area contributed by atoms with E-state index in [-0.39, 0.29) is 12.5 Å². The largest absolute Gasteiger partial charge is 0.406 e. The zero-order valence-corrected chi connectivity index (χ0v) is 12.9. The van der Waals surface area contributed by atoms with Crippen LogP contribution >= 0.6 is 0 Å². The maximum Gasteiger partial charge on any atom is 0.406 e. The lowest BCUT2D eigenvalue weighted by atomic mass is 10.1. The van der Waals surface area contributed by atoms with E-state index >= 15 is 0 Å². The maximum absolute atomic E-state index is 12.4. The Kier molecular flexibility index (Phi) is 4.38. The molecule has 8 heteroatoms. The molecule has 0 radical (unpaired) electrons. The number of hydrogen-bond donors (Lipinski definition) is 2. The Morgan fingerprint density at radius 2 is 2.04 bits per heavy atom. The minimum Gasteiger partial charge on any atom is -0.374 e. The molecule has 3 rings (SSSR count). The molecule has 2 aliphatic rings. The summed E-state index contributed by atoms with van der Waals surface area (Å²) in [6.07, 6.45) is -2.10. The van der Waals surface area contributed by atoms with Crippen LogP contribution in [0.1, 0.15) is 24.8 Å². The number of hydrogen-bond acceptors (Lipinski definition) is 3. The van der Waals surface area contributed by atoms with E-state index in [9.17, 15) is 22.8 Å². The number of rotatable bonds is 3. The average Bonchev–Trinajstić information content (AvgIpc) is 2.70. The summed E-state index contributed by atoms with van der Waals surface area (Å²) in [6, 6.07) is 4.68. The lowest BCUT2D eigenvalue weighted by Crippen LogP contribution is -2.39. The van der Waals surface area contributed by atoms with Gasteiger partial charge in [-0.25, -0.2) is 0 Å². The number of halogens is 3. The monoisotopic (exact) mass is 341 g/mol. The van der Waals surface area contributed by atoms with Crippen LogP contribution in [0.5, 0.6) is 0 Å². The first-order chi connectivity index (χ1) is 11.3. The van der Waals surface area contributed by atoms with Gasteiger partial charge in [0.15, 0.2) is 0 Å². The fourth-order valence-corrected chi connectivity index (χ4v) is 3.11. The van der Waals surface area contributed by atoms with Gasteiger partial charge >= 0.3 is 6.18 Å². The Morgan fingerprint density at radius 1 is 1.25 bits per heavy atom. The van der Waals surface area contributed by atoms with Crippen molar-refractivity contribution in [3.8, 4) is 0 Å². The van der Waals surface area contributed by atoms with E-state index in [0.29, 0.717) is 18.5 Å². The second-order valence-corrected chi connectivity index (χ2v) is 6.13. The van der Waals surface area contributed by atoms with Gasteiger partial charge in [0.1, 0.15) is 12.6 Å². The molecule has 0 spiro atoms.